The van der Waals surface area contributed by atoms with Crippen molar-refractivity contribution in [3.8, 4) is 11.5 Å². The zero-order valence-corrected chi connectivity index (χ0v) is 19.4. The van der Waals surface area contributed by atoms with Crippen LogP contribution in [0.1, 0.15) is 11.1 Å². The molecule has 0 atom stereocenters. The molecule has 1 N–H and O–H groups in total. The molecule has 0 spiro atoms. The predicted molar refractivity (Wildman–Crippen MR) is 133 cm³/mol. The summed E-state index contributed by atoms with van der Waals surface area (Å²) in [6.45, 7) is 0.374. The van der Waals surface area contributed by atoms with Gasteiger partial charge in [-0.3, -0.25) is 14.9 Å². The molecule has 1 aliphatic heterocycles. The van der Waals surface area contributed by atoms with Crippen LogP contribution >= 0.6 is 23.4 Å². The lowest BCUT2D eigenvalue weighted by Gasteiger charge is -2.11. The number of nitrogens with one attached hydrogen (secondary N) is 1. The molecule has 4 rings (SSSR count). The van der Waals surface area contributed by atoms with E-state index in [0.717, 1.165) is 22.9 Å². The van der Waals surface area contributed by atoms with Gasteiger partial charge >= 0.3 is 0 Å². The highest BCUT2D eigenvalue weighted by molar-refractivity contribution is 8.18. The topological polar surface area (TPSA) is 103 Å². The first-order valence-electron chi connectivity index (χ1n) is 10.0. The zero-order valence-electron chi connectivity index (χ0n) is 17.9. The van der Waals surface area contributed by atoms with Crippen LogP contribution < -0.4 is 14.8 Å². The van der Waals surface area contributed by atoms with Gasteiger partial charge in [0.05, 0.1) is 27.6 Å². The van der Waals surface area contributed by atoms with Crippen molar-refractivity contribution in [3.05, 3.63) is 97.9 Å². The maximum atomic E-state index is 12.5. The third-order valence-electron chi connectivity index (χ3n) is 4.74. The number of amidine groups is 1. The molecular formula is C24H18ClN3O5S. The first-order valence-corrected chi connectivity index (χ1v) is 11.2. The molecular weight excluding hydrogens is 478 g/mol. The molecule has 1 amide bonds. The summed E-state index contributed by atoms with van der Waals surface area (Å²) in [7, 11) is 1.56. The minimum absolute atomic E-state index is 0.115. The molecule has 0 bridgehead atoms. The van der Waals surface area contributed by atoms with E-state index in [-0.39, 0.29) is 16.6 Å². The molecule has 1 fully saturated rings. The lowest BCUT2D eigenvalue weighted by molar-refractivity contribution is -0.384. The van der Waals surface area contributed by atoms with Crippen LogP contribution in [0.5, 0.6) is 11.5 Å². The van der Waals surface area contributed by atoms with Crippen LogP contribution in [0.4, 0.5) is 11.4 Å². The normalized spacial score (nSPS) is 15.4. The Kier molecular flexibility index (Phi) is 7.15. The van der Waals surface area contributed by atoms with E-state index in [4.69, 9.17) is 21.1 Å². The minimum Gasteiger partial charge on any atom is -0.493 e. The van der Waals surface area contributed by atoms with Gasteiger partial charge in [0.15, 0.2) is 16.7 Å². The number of non-ortho nitro benzene ring substituents is 1. The van der Waals surface area contributed by atoms with Gasteiger partial charge in [-0.15, -0.1) is 0 Å². The number of nitro groups is 1. The van der Waals surface area contributed by atoms with Crippen molar-refractivity contribution in [2.24, 2.45) is 4.99 Å². The third-order valence-corrected chi connectivity index (χ3v) is 5.95. The van der Waals surface area contributed by atoms with Gasteiger partial charge in [0.2, 0.25) is 0 Å². The highest BCUT2D eigenvalue weighted by atomic mass is 35.5. The van der Waals surface area contributed by atoms with Crippen molar-refractivity contribution < 1.29 is 19.2 Å². The van der Waals surface area contributed by atoms with E-state index < -0.39 is 4.92 Å². The van der Waals surface area contributed by atoms with Crippen molar-refractivity contribution >= 4 is 51.9 Å². The summed E-state index contributed by atoms with van der Waals surface area (Å²) in [6.07, 6.45) is 1.72. The number of nitro benzene ring substituents is 1. The number of hydrogen-bond donors (Lipinski definition) is 1. The molecule has 0 aromatic heterocycles. The van der Waals surface area contributed by atoms with Gasteiger partial charge in [-0.2, -0.15) is 0 Å². The Morgan fingerprint density at radius 2 is 1.91 bits per heavy atom. The second-order valence-corrected chi connectivity index (χ2v) is 8.50. The summed E-state index contributed by atoms with van der Waals surface area (Å²) in [6, 6.07) is 19.1. The number of carbonyl (C=O) groups is 1. The average molecular weight is 496 g/mol. The number of nitrogens with zero attached hydrogens (tertiary/aromatic N) is 2. The fourth-order valence-corrected chi connectivity index (χ4v) is 4.12. The summed E-state index contributed by atoms with van der Waals surface area (Å²) in [5.41, 5.74) is 1.95. The number of aliphatic imine (C=N–C) groups is 1. The van der Waals surface area contributed by atoms with E-state index in [1.54, 1.807) is 25.3 Å². The average Bonchev–Trinajstić information content (AvgIpc) is 3.18. The van der Waals surface area contributed by atoms with Gasteiger partial charge in [-0.1, -0.05) is 48.0 Å². The zero-order chi connectivity index (χ0) is 24.1. The molecule has 3 aromatic rings. The van der Waals surface area contributed by atoms with Crippen LogP contribution in [0.2, 0.25) is 5.02 Å². The summed E-state index contributed by atoms with van der Waals surface area (Å²) >= 11 is 7.24. The van der Waals surface area contributed by atoms with Crippen LogP contribution in [-0.2, 0) is 11.4 Å². The molecule has 0 saturated carbocycles. The van der Waals surface area contributed by atoms with Crippen molar-refractivity contribution in [3.63, 3.8) is 0 Å². The number of benzene rings is 3. The Morgan fingerprint density at radius 3 is 2.62 bits per heavy atom. The fraction of sp³-hybridized carbons (Fsp3) is 0.0833. The molecule has 0 radical (unpaired) electrons. The van der Waals surface area contributed by atoms with E-state index in [0.29, 0.717) is 33.9 Å². The van der Waals surface area contributed by atoms with Crippen LogP contribution in [0, 0.1) is 10.1 Å². The van der Waals surface area contributed by atoms with Crippen molar-refractivity contribution in [1.82, 2.24) is 5.32 Å². The minimum atomic E-state index is -0.539. The van der Waals surface area contributed by atoms with Crippen molar-refractivity contribution in [2.45, 2.75) is 6.61 Å². The molecule has 0 aliphatic carbocycles. The maximum absolute atomic E-state index is 12.5. The quantitative estimate of drug-likeness (QED) is 0.255. The molecule has 0 unspecified atom stereocenters. The number of hydrogen-bond acceptors (Lipinski definition) is 7. The lowest BCUT2D eigenvalue weighted by atomic mass is 10.2. The fourth-order valence-electron chi connectivity index (χ4n) is 3.07. The van der Waals surface area contributed by atoms with E-state index in [1.807, 2.05) is 36.4 Å². The molecule has 10 heteroatoms. The molecule has 172 valence electrons. The smallest absolute Gasteiger partial charge is 0.271 e. The molecule has 3 aromatic carbocycles. The number of ether oxygens (including phenoxy) is 2. The molecule has 1 heterocycles. The van der Waals surface area contributed by atoms with Gasteiger partial charge < -0.3 is 14.8 Å². The first kappa shape index (κ1) is 23.3. The lowest BCUT2D eigenvalue weighted by Crippen LogP contribution is -2.19. The van der Waals surface area contributed by atoms with E-state index in [2.05, 4.69) is 10.3 Å². The Morgan fingerprint density at radius 1 is 1.12 bits per heavy atom. The highest BCUT2D eigenvalue weighted by Gasteiger charge is 2.24. The Labute approximate surface area is 204 Å². The molecule has 1 aliphatic rings. The van der Waals surface area contributed by atoms with Crippen LogP contribution in [0.15, 0.2) is 76.6 Å². The first-order chi connectivity index (χ1) is 16.4. The maximum Gasteiger partial charge on any atom is 0.271 e. The number of carbonyl (C=O) groups excluding carboxylic acids is 1. The standard InChI is InChI=1S/C24H18ClN3O5S/c1-32-20-10-7-16(11-21(20)33-14-15-5-3-2-4-6-15)12-22-23(29)27-24(34-22)26-19-9-8-17(28(30)31)13-18(19)25/h2-13H,14H2,1H3,(H,26,27,29)/b22-12+. The van der Waals surface area contributed by atoms with Gasteiger partial charge in [0, 0.05) is 12.1 Å². The number of rotatable bonds is 7. The van der Waals surface area contributed by atoms with Gasteiger partial charge in [0.25, 0.3) is 11.6 Å². The highest BCUT2D eigenvalue weighted by Crippen LogP contribution is 2.34. The SMILES string of the molecule is COc1ccc(/C=C2/SC(=Nc3ccc([N+](=O)[O-])cc3Cl)NC2=O)cc1OCc1ccccc1. The molecule has 1 saturated heterocycles. The summed E-state index contributed by atoms with van der Waals surface area (Å²) in [4.78, 5) is 27.5. The van der Waals surface area contributed by atoms with Crippen LogP contribution in [0.25, 0.3) is 6.08 Å². The number of thioether (sulfide) groups is 1. The second kappa shape index (κ2) is 10.4. The predicted octanol–water partition coefficient (Wildman–Crippen LogP) is 5.73. The third kappa shape index (κ3) is 5.56. The van der Waals surface area contributed by atoms with E-state index >= 15 is 0 Å². The summed E-state index contributed by atoms with van der Waals surface area (Å²) in [5, 5.41) is 14.0. The van der Waals surface area contributed by atoms with E-state index in [1.165, 1.54) is 18.2 Å². The molecule has 34 heavy (non-hydrogen) atoms. The van der Waals surface area contributed by atoms with Crippen molar-refractivity contribution in [1.29, 1.82) is 0 Å². The monoisotopic (exact) mass is 495 g/mol. The Bertz CT molecular complexity index is 1310. The number of amides is 1. The van der Waals surface area contributed by atoms with Crippen molar-refractivity contribution in [2.75, 3.05) is 7.11 Å². The summed E-state index contributed by atoms with van der Waals surface area (Å²) in [5.74, 6) is 0.816. The number of halogens is 1. The van der Waals surface area contributed by atoms with Crippen LogP contribution in [-0.4, -0.2) is 23.1 Å². The molecule has 8 nitrogen and oxygen atoms in total. The van der Waals surface area contributed by atoms with Gasteiger partial charge in [0.1, 0.15) is 6.61 Å². The largest absolute Gasteiger partial charge is 0.493 e. The second-order valence-electron chi connectivity index (χ2n) is 7.06. The number of methoxy groups -OCH3 is 1. The van der Waals surface area contributed by atoms with Gasteiger partial charge in [-0.05, 0) is 47.2 Å². The van der Waals surface area contributed by atoms with Crippen LogP contribution in [0.3, 0.4) is 0 Å². The van der Waals surface area contributed by atoms with E-state index in [9.17, 15) is 14.9 Å². The Balaban J connectivity index is 1.53. The van der Waals surface area contributed by atoms with Gasteiger partial charge in [-0.25, -0.2) is 4.99 Å². The summed E-state index contributed by atoms with van der Waals surface area (Å²) < 4.78 is 11.3. The Hall–Kier alpha value is -3.82.